The Balaban J connectivity index is 1.48. The first-order valence-electron chi connectivity index (χ1n) is 15.0. The lowest BCUT2D eigenvalue weighted by atomic mass is 9.89. The van der Waals surface area contributed by atoms with E-state index in [1.165, 1.54) is 5.57 Å². The van der Waals surface area contributed by atoms with Gasteiger partial charge in [0, 0.05) is 62.5 Å². The molecule has 2 heterocycles. The first kappa shape index (κ1) is 31.4. The Morgan fingerprint density at radius 2 is 1.81 bits per heavy atom. The Hall–Kier alpha value is -3.53. The third-order valence-corrected chi connectivity index (χ3v) is 8.07. The van der Waals surface area contributed by atoms with Gasteiger partial charge in [-0.1, -0.05) is 30.7 Å². The molecule has 228 valence electrons. The molecule has 0 unspecified atom stereocenters. The number of carbonyl (C=O) groups excluding carboxylic acids is 3. The summed E-state index contributed by atoms with van der Waals surface area (Å²) in [5.74, 6) is -3.69. The number of amides is 3. The standard InChI is InChI=1S/C32H43F2N5O3/c1-3-4-5-9-26(31(42)36-21-30(41)39-17-14-32(33,34)22-39)27-20-25(11-10-23(27)2)37-28(24-7-6-8-24)12-13-29(40)38-18-15-35-16-19-38/h4-5,9-11,20,35,37H,3,6-8,12-19,21-22H2,1-2H3,(H,36,42)/b5-4+,26-9+. The number of allylic oxidation sites excluding steroid dienone is 5. The van der Waals surface area contributed by atoms with E-state index in [2.05, 4.69) is 16.0 Å². The van der Waals surface area contributed by atoms with Crippen molar-refractivity contribution < 1.29 is 23.2 Å². The smallest absolute Gasteiger partial charge is 0.267 e. The second-order valence-electron chi connectivity index (χ2n) is 11.2. The van der Waals surface area contributed by atoms with E-state index in [0.717, 1.165) is 73.7 Å². The van der Waals surface area contributed by atoms with Gasteiger partial charge in [0.2, 0.25) is 11.8 Å². The van der Waals surface area contributed by atoms with E-state index in [1.807, 2.05) is 43.0 Å². The number of hydrogen-bond acceptors (Lipinski definition) is 5. The number of nitrogens with zero attached hydrogens (tertiary/aromatic N) is 2. The highest BCUT2D eigenvalue weighted by Gasteiger charge is 2.40. The average Bonchev–Trinajstić information content (AvgIpc) is 3.32. The van der Waals surface area contributed by atoms with E-state index in [-0.39, 0.29) is 25.4 Å². The van der Waals surface area contributed by atoms with Crippen molar-refractivity contribution in [3.05, 3.63) is 58.8 Å². The lowest BCUT2D eigenvalue weighted by Gasteiger charge is -2.28. The zero-order valence-electron chi connectivity index (χ0n) is 24.7. The molecular formula is C32H43F2N5O3. The summed E-state index contributed by atoms with van der Waals surface area (Å²) in [5, 5.41) is 9.47. The first-order chi connectivity index (χ1) is 20.2. The lowest BCUT2D eigenvalue weighted by molar-refractivity contribution is -0.132. The monoisotopic (exact) mass is 583 g/mol. The van der Waals surface area contributed by atoms with Crippen LogP contribution >= 0.6 is 0 Å². The summed E-state index contributed by atoms with van der Waals surface area (Å²) in [6.07, 6.45) is 10.1. The highest BCUT2D eigenvalue weighted by atomic mass is 19.3. The number of piperazine rings is 1. The van der Waals surface area contributed by atoms with Crippen LogP contribution in [0.1, 0.15) is 63.0 Å². The van der Waals surface area contributed by atoms with Crippen molar-refractivity contribution in [3.63, 3.8) is 0 Å². The summed E-state index contributed by atoms with van der Waals surface area (Å²) in [4.78, 5) is 41.7. The number of nitrogens with one attached hydrogen (secondary N) is 3. The van der Waals surface area contributed by atoms with Crippen LogP contribution in [0.5, 0.6) is 0 Å². The van der Waals surface area contributed by atoms with E-state index in [4.69, 9.17) is 0 Å². The van der Waals surface area contributed by atoms with Gasteiger partial charge in [0.15, 0.2) is 0 Å². The Bertz CT molecular complexity index is 1240. The van der Waals surface area contributed by atoms with Crippen molar-refractivity contribution in [2.24, 2.45) is 0 Å². The fourth-order valence-corrected chi connectivity index (χ4v) is 5.35. The summed E-state index contributed by atoms with van der Waals surface area (Å²) < 4.78 is 27.1. The fourth-order valence-electron chi connectivity index (χ4n) is 5.35. The molecule has 1 aromatic rings. The molecule has 3 amide bonds. The largest absolute Gasteiger partial charge is 0.359 e. The second kappa shape index (κ2) is 14.6. The molecule has 3 aliphatic rings. The molecule has 1 aromatic carbocycles. The van der Waals surface area contributed by atoms with Crippen LogP contribution in [0.25, 0.3) is 5.57 Å². The minimum absolute atomic E-state index is 0.0187. The van der Waals surface area contributed by atoms with Crippen LogP contribution in [-0.4, -0.2) is 79.3 Å². The van der Waals surface area contributed by atoms with E-state index < -0.39 is 24.3 Å². The van der Waals surface area contributed by atoms with E-state index >= 15 is 0 Å². The number of rotatable bonds is 11. The summed E-state index contributed by atoms with van der Waals surface area (Å²) in [6, 6.07) is 5.82. The van der Waals surface area contributed by atoms with E-state index in [9.17, 15) is 23.2 Å². The van der Waals surface area contributed by atoms with Gasteiger partial charge in [-0.2, -0.15) is 0 Å². The molecule has 3 fully saturated rings. The van der Waals surface area contributed by atoms with Gasteiger partial charge in [-0.3, -0.25) is 14.4 Å². The van der Waals surface area contributed by atoms with Crippen molar-refractivity contribution in [1.29, 1.82) is 0 Å². The van der Waals surface area contributed by atoms with Gasteiger partial charge in [0.25, 0.3) is 11.8 Å². The Morgan fingerprint density at radius 1 is 1.05 bits per heavy atom. The molecular weight excluding hydrogens is 540 g/mol. The minimum atomic E-state index is -2.88. The number of hydrogen-bond donors (Lipinski definition) is 3. The van der Waals surface area contributed by atoms with Gasteiger partial charge >= 0.3 is 0 Å². The number of aryl methyl sites for hydroxylation is 1. The SMILES string of the molecule is CC/C=C/C=C(/C(=O)NCC(=O)N1CCC(F)(F)C1)c1cc(NC(CCC(=O)N2CCNCC2)=C2CCC2)ccc1C. The molecule has 0 radical (unpaired) electrons. The van der Waals surface area contributed by atoms with Crippen molar-refractivity contribution in [2.75, 3.05) is 51.1 Å². The minimum Gasteiger partial charge on any atom is -0.359 e. The van der Waals surface area contributed by atoms with Gasteiger partial charge in [0.1, 0.15) is 0 Å². The molecule has 42 heavy (non-hydrogen) atoms. The van der Waals surface area contributed by atoms with Crippen LogP contribution in [0.2, 0.25) is 0 Å². The molecule has 8 nitrogen and oxygen atoms in total. The molecule has 4 rings (SSSR count). The van der Waals surface area contributed by atoms with Gasteiger partial charge in [-0.05, 0) is 68.4 Å². The van der Waals surface area contributed by atoms with Crippen molar-refractivity contribution in [1.82, 2.24) is 20.4 Å². The Labute approximate surface area is 247 Å². The third-order valence-electron chi connectivity index (χ3n) is 8.07. The zero-order valence-corrected chi connectivity index (χ0v) is 24.7. The van der Waals surface area contributed by atoms with Gasteiger partial charge in [0.05, 0.1) is 13.1 Å². The second-order valence-corrected chi connectivity index (χ2v) is 11.2. The highest BCUT2D eigenvalue weighted by Crippen LogP contribution is 2.33. The van der Waals surface area contributed by atoms with E-state index in [0.29, 0.717) is 24.0 Å². The lowest BCUT2D eigenvalue weighted by Crippen LogP contribution is -2.46. The van der Waals surface area contributed by atoms with Crippen molar-refractivity contribution in [3.8, 4) is 0 Å². The molecule has 2 aliphatic heterocycles. The van der Waals surface area contributed by atoms with Crippen LogP contribution in [0, 0.1) is 6.92 Å². The van der Waals surface area contributed by atoms with Crippen LogP contribution in [0.4, 0.5) is 14.5 Å². The molecule has 1 aliphatic carbocycles. The molecule has 1 saturated carbocycles. The molecule has 10 heteroatoms. The van der Waals surface area contributed by atoms with Crippen molar-refractivity contribution in [2.45, 2.75) is 64.7 Å². The molecule has 0 bridgehead atoms. The number of alkyl halides is 2. The number of benzene rings is 1. The fraction of sp³-hybridized carbons (Fsp3) is 0.531. The summed E-state index contributed by atoms with van der Waals surface area (Å²) in [6.45, 7) is 6.04. The van der Waals surface area contributed by atoms with Crippen LogP contribution in [0.15, 0.2) is 47.7 Å². The summed E-state index contributed by atoms with van der Waals surface area (Å²) in [7, 11) is 0. The zero-order chi connectivity index (χ0) is 30.1. The maximum Gasteiger partial charge on any atom is 0.267 e. The topological polar surface area (TPSA) is 93.8 Å². The number of likely N-dealkylation sites (tertiary alicyclic amines) is 1. The normalized spacial score (nSPS) is 18.7. The summed E-state index contributed by atoms with van der Waals surface area (Å²) >= 11 is 0. The number of halogens is 2. The predicted molar refractivity (Wildman–Crippen MR) is 161 cm³/mol. The number of anilines is 1. The predicted octanol–water partition coefficient (Wildman–Crippen LogP) is 4.39. The highest BCUT2D eigenvalue weighted by molar-refractivity contribution is 6.21. The molecule has 0 atom stereocenters. The Kier molecular flexibility index (Phi) is 10.9. The van der Waals surface area contributed by atoms with E-state index in [1.54, 1.807) is 12.2 Å². The van der Waals surface area contributed by atoms with Crippen LogP contribution in [-0.2, 0) is 14.4 Å². The maximum absolute atomic E-state index is 13.6. The van der Waals surface area contributed by atoms with Crippen LogP contribution in [0.3, 0.4) is 0 Å². The van der Waals surface area contributed by atoms with Gasteiger partial charge in [-0.15, -0.1) is 0 Å². The van der Waals surface area contributed by atoms with Crippen LogP contribution < -0.4 is 16.0 Å². The number of carbonyl (C=O) groups is 3. The molecule has 3 N–H and O–H groups in total. The molecule has 0 spiro atoms. The quantitative estimate of drug-likeness (QED) is 0.266. The maximum atomic E-state index is 13.6. The first-order valence-corrected chi connectivity index (χ1v) is 15.0. The average molecular weight is 584 g/mol. The van der Waals surface area contributed by atoms with Crippen molar-refractivity contribution >= 4 is 29.0 Å². The molecule has 2 saturated heterocycles. The Morgan fingerprint density at radius 3 is 2.45 bits per heavy atom. The molecule has 0 aromatic heterocycles. The van der Waals surface area contributed by atoms with Gasteiger partial charge < -0.3 is 25.8 Å². The van der Waals surface area contributed by atoms with Gasteiger partial charge in [-0.25, -0.2) is 8.78 Å². The summed E-state index contributed by atoms with van der Waals surface area (Å²) in [5.41, 5.74) is 5.17. The third kappa shape index (κ3) is 8.50.